The predicted molar refractivity (Wildman–Crippen MR) is 65.1 cm³/mol. The van der Waals surface area contributed by atoms with E-state index in [2.05, 4.69) is 4.98 Å². The van der Waals surface area contributed by atoms with Gasteiger partial charge in [-0.25, -0.2) is 9.78 Å². The van der Waals surface area contributed by atoms with Crippen molar-refractivity contribution in [2.24, 2.45) is 0 Å². The van der Waals surface area contributed by atoms with Crippen molar-refractivity contribution in [1.82, 2.24) is 9.88 Å². The predicted octanol–water partition coefficient (Wildman–Crippen LogP) is 2.18. The average Bonchev–Trinajstić information content (AvgIpc) is 2.69. The van der Waals surface area contributed by atoms with Crippen LogP contribution in [0.5, 0.6) is 5.75 Å². The van der Waals surface area contributed by atoms with Gasteiger partial charge in [0.2, 0.25) is 0 Å². The molecule has 0 bridgehead atoms. The van der Waals surface area contributed by atoms with E-state index in [4.69, 9.17) is 21.4 Å². The number of likely N-dealkylation sites (tertiary alicyclic amines) is 1. The normalized spacial score (nSPS) is 20.6. The molecule has 1 aromatic heterocycles. The Balaban J connectivity index is 1.78. The minimum atomic E-state index is -0.861. The molecule has 1 spiro atoms. The van der Waals surface area contributed by atoms with Gasteiger partial charge in [-0.2, -0.15) is 0 Å². The molecule has 1 amide bonds. The molecular weight excluding hydrogens is 256 g/mol. The van der Waals surface area contributed by atoms with Crippen LogP contribution in [0.4, 0.5) is 4.79 Å². The lowest BCUT2D eigenvalue weighted by molar-refractivity contribution is 0.0223. The molecule has 18 heavy (non-hydrogen) atoms. The van der Waals surface area contributed by atoms with Gasteiger partial charge in [0.25, 0.3) is 0 Å². The van der Waals surface area contributed by atoms with E-state index in [0.717, 1.165) is 12.0 Å². The maximum absolute atomic E-state index is 10.9. The summed E-state index contributed by atoms with van der Waals surface area (Å²) in [5.41, 5.74) is 0.778. The van der Waals surface area contributed by atoms with Crippen molar-refractivity contribution in [3.05, 3.63) is 23.0 Å². The van der Waals surface area contributed by atoms with Crippen LogP contribution >= 0.6 is 11.6 Å². The number of rotatable bonds is 0. The van der Waals surface area contributed by atoms with E-state index in [9.17, 15) is 4.79 Å². The van der Waals surface area contributed by atoms with Crippen molar-refractivity contribution < 1.29 is 14.6 Å². The lowest BCUT2D eigenvalue weighted by Gasteiger charge is -2.37. The fourth-order valence-corrected chi connectivity index (χ4v) is 2.91. The number of halogens is 1. The summed E-state index contributed by atoms with van der Waals surface area (Å²) in [4.78, 5) is 16.3. The third-order valence-corrected chi connectivity index (χ3v) is 3.99. The van der Waals surface area contributed by atoms with Crippen LogP contribution in [0.3, 0.4) is 0 Å². The average molecular weight is 269 g/mol. The van der Waals surface area contributed by atoms with Crippen molar-refractivity contribution in [2.45, 2.75) is 24.9 Å². The van der Waals surface area contributed by atoms with Crippen LogP contribution in [0.15, 0.2) is 12.3 Å². The van der Waals surface area contributed by atoms with Gasteiger partial charge >= 0.3 is 6.09 Å². The summed E-state index contributed by atoms with van der Waals surface area (Å²) >= 11 is 6.01. The number of piperidine rings is 1. The summed E-state index contributed by atoms with van der Waals surface area (Å²) in [6.07, 6.45) is 3.00. The van der Waals surface area contributed by atoms with Gasteiger partial charge in [0.05, 0.1) is 0 Å². The maximum atomic E-state index is 10.9. The molecule has 3 heterocycles. The number of fused-ring (bicyclic) bond motifs is 1. The van der Waals surface area contributed by atoms with E-state index in [1.165, 1.54) is 4.90 Å². The number of ether oxygens (including phenoxy) is 1. The quantitative estimate of drug-likeness (QED) is 0.733. The molecule has 3 rings (SSSR count). The second-order valence-electron chi connectivity index (χ2n) is 4.82. The van der Waals surface area contributed by atoms with Gasteiger partial charge in [-0.1, -0.05) is 11.6 Å². The number of pyridine rings is 1. The first-order valence-corrected chi connectivity index (χ1v) is 6.28. The summed E-state index contributed by atoms with van der Waals surface area (Å²) in [5, 5.41) is 9.33. The van der Waals surface area contributed by atoms with Gasteiger partial charge in [-0.3, -0.25) is 0 Å². The molecule has 0 unspecified atom stereocenters. The van der Waals surface area contributed by atoms with E-state index in [0.29, 0.717) is 36.8 Å². The molecule has 6 heteroatoms. The molecule has 1 N–H and O–H groups in total. The van der Waals surface area contributed by atoms with Crippen LogP contribution in [-0.4, -0.2) is 39.8 Å². The molecule has 2 aliphatic rings. The van der Waals surface area contributed by atoms with Crippen LogP contribution < -0.4 is 4.74 Å². The minimum Gasteiger partial charge on any atom is -0.483 e. The SMILES string of the molecule is O=C(O)N1CCC2(CC1)Cc1ccnc(Cl)c1O2. The second kappa shape index (κ2) is 4.02. The van der Waals surface area contributed by atoms with Gasteiger partial charge in [0, 0.05) is 44.1 Å². The van der Waals surface area contributed by atoms with Crippen molar-refractivity contribution in [1.29, 1.82) is 0 Å². The first kappa shape index (κ1) is 11.6. The summed E-state index contributed by atoms with van der Waals surface area (Å²) in [7, 11) is 0. The van der Waals surface area contributed by atoms with Crippen LogP contribution in [0, 0.1) is 0 Å². The van der Waals surface area contributed by atoms with Crippen molar-refractivity contribution in [3.63, 3.8) is 0 Å². The number of aromatic nitrogens is 1. The Labute approximate surface area is 109 Å². The van der Waals surface area contributed by atoms with Crippen molar-refractivity contribution in [2.75, 3.05) is 13.1 Å². The van der Waals surface area contributed by atoms with Gasteiger partial charge in [0.15, 0.2) is 10.9 Å². The number of amides is 1. The van der Waals surface area contributed by atoms with Crippen LogP contribution in [0.1, 0.15) is 18.4 Å². The highest BCUT2D eigenvalue weighted by Gasteiger charge is 2.43. The molecule has 0 aromatic carbocycles. The third-order valence-electron chi connectivity index (χ3n) is 3.72. The second-order valence-corrected chi connectivity index (χ2v) is 5.18. The van der Waals surface area contributed by atoms with Crippen molar-refractivity contribution in [3.8, 4) is 5.75 Å². The van der Waals surface area contributed by atoms with Crippen LogP contribution in [-0.2, 0) is 6.42 Å². The highest BCUT2D eigenvalue weighted by atomic mass is 35.5. The van der Waals surface area contributed by atoms with Gasteiger partial charge < -0.3 is 14.7 Å². The molecule has 1 aromatic rings. The summed E-state index contributed by atoms with van der Waals surface area (Å²) in [6, 6.07) is 1.92. The molecule has 0 saturated carbocycles. The largest absolute Gasteiger partial charge is 0.483 e. The Morgan fingerprint density at radius 1 is 1.50 bits per heavy atom. The zero-order valence-corrected chi connectivity index (χ0v) is 10.5. The molecule has 0 aliphatic carbocycles. The summed E-state index contributed by atoms with van der Waals surface area (Å²) in [6.45, 7) is 1.02. The number of carbonyl (C=O) groups is 1. The molecular formula is C12H13ClN2O3. The standard InChI is InChI=1S/C12H13ClN2O3/c13-10-9-8(1-4-14-10)7-12(18-9)2-5-15(6-3-12)11(16)17/h1,4H,2-3,5-7H2,(H,16,17). The van der Waals surface area contributed by atoms with Crippen molar-refractivity contribution >= 4 is 17.7 Å². The summed E-state index contributed by atoms with van der Waals surface area (Å²) < 4.78 is 5.98. The zero-order valence-electron chi connectivity index (χ0n) is 9.73. The molecule has 0 radical (unpaired) electrons. The fraction of sp³-hybridized carbons (Fsp3) is 0.500. The Kier molecular flexibility index (Phi) is 2.59. The van der Waals surface area contributed by atoms with E-state index in [-0.39, 0.29) is 5.60 Å². The Morgan fingerprint density at radius 3 is 2.83 bits per heavy atom. The Hall–Kier alpha value is -1.49. The van der Waals surface area contributed by atoms with E-state index in [1.54, 1.807) is 6.20 Å². The van der Waals surface area contributed by atoms with Gasteiger partial charge in [-0.05, 0) is 6.07 Å². The molecule has 5 nitrogen and oxygen atoms in total. The molecule has 2 aliphatic heterocycles. The molecule has 1 fully saturated rings. The zero-order chi connectivity index (χ0) is 12.8. The molecule has 1 saturated heterocycles. The number of nitrogens with zero attached hydrogens (tertiary/aromatic N) is 2. The van der Waals surface area contributed by atoms with E-state index in [1.807, 2.05) is 6.07 Å². The highest BCUT2D eigenvalue weighted by molar-refractivity contribution is 6.31. The molecule has 0 atom stereocenters. The van der Waals surface area contributed by atoms with Crippen LogP contribution in [0.25, 0.3) is 0 Å². The topological polar surface area (TPSA) is 62.7 Å². The lowest BCUT2D eigenvalue weighted by atomic mass is 9.87. The minimum absolute atomic E-state index is 0.291. The Bertz CT molecular complexity index is 498. The maximum Gasteiger partial charge on any atom is 0.407 e. The number of hydrogen-bond donors (Lipinski definition) is 1. The smallest absolute Gasteiger partial charge is 0.407 e. The third kappa shape index (κ3) is 1.79. The lowest BCUT2D eigenvalue weighted by Crippen LogP contribution is -2.48. The van der Waals surface area contributed by atoms with E-state index < -0.39 is 6.09 Å². The Morgan fingerprint density at radius 2 is 2.22 bits per heavy atom. The number of carboxylic acid groups (broad SMARTS) is 1. The first-order valence-electron chi connectivity index (χ1n) is 5.90. The van der Waals surface area contributed by atoms with E-state index >= 15 is 0 Å². The number of hydrogen-bond acceptors (Lipinski definition) is 3. The molecule has 96 valence electrons. The summed E-state index contributed by atoms with van der Waals surface area (Å²) in [5.74, 6) is 0.669. The van der Waals surface area contributed by atoms with Gasteiger partial charge in [-0.15, -0.1) is 0 Å². The van der Waals surface area contributed by atoms with Crippen LogP contribution in [0.2, 0.25) is 5.15 Å². The fourth-order valence-electron chi connectivity index (χ4n) is 2.69. The highest BCUT2D eigenvalue weighted by Crippen LogP contribution is 2.43. The first-order chi connectivity index (χ1) is 8.60. The monoisotopic (exact) mass is 268 g/mol. The van der Waals surface area contributed by atoms with Gasteiger partial charge in [0.1, 0.15) is 5.60 Å².